The number of aromatic carboxylic acids is 1. The number of halogens is 2. The summed E-state index contributed by atoms with van der Waals surface area (Å²) in [5.74, 6) is -1.09. The maximum atomic E-state index is 13.8. The van der Waals surface area contributed by atoms with Crippen LogP contribution >= 0.6 is 11.6 Å². The van der Waals surface area contributed by atoms with Crippen LogP contribution in [0, 0.1) is 5.82 Å². The number of likely N-dealkylation sites (tertiary alicyclic amines) is 1. The maximum absolute atomic E-state index is 13.8. The van der Waals surface area contributed by atoms with E-state index in [0.29, 0.717) is 36.4 Å². The monoisotopic (exact) mass is 430 g/mol. The van der Waals surface area contributed by atoms with Gasteiger partial charge in [0.15, 0.2) is 5.69 Å². The quantitative estimate of drug-likeness (QED) is 0.606. The number of carboxylic acid groups (broad SMARTS) is 1. The summed E-state index contributed by atoms with van der Waals surface area (Å²) in [5, 5.41) is 9.01. The van der Waals surface area contributed by atoms with E-state index < -0.39 is 11.8 Å². The van der Waals surface area contributed by atoms with E-state index in [1.807, 2.05) is 0 Å². The van der Waals surface area contributed by atoms with E-state index in [4.69, 9.17) is 25.9 Å². The van der Waals surface area contributed by atoms with Gasteiger partial charge in [0.25, 0.3) is 0 Å². The fourth-order valence-corrected chi connectivity index (χ4v) is 3.28. The number of rotatable bonds is 6. The van der Waals surface area contributed by atoms with E-state index in [1.165, 1.54) is 12.1 Å². The van der Waals surface area contributed by atoms with E-state index in [1.54, 1.807) is 23.1 Å². The van der Waals surface area contributed by atoms with Crippen molar-refractivity contribution in [3.63, 3.8) is 0 Å². The minimum atomic E-state index is -1.21. The lowest BCUT2D eigenvalue weighted by atomic mass is 10.1. The summed E-state index contributed by atoms with van der Waals surface area (Å²) in [4.78, 5) is 28.7. The molecule has 0 spiro atoms. The molecule has 0 bridgehead atoms. The highest BCUT2D eigenvalue weighted by Crippen LogP contribution is 2.33. The van der Waals surface area contributed by atoms with Crippen molar-refractivity contribution < 1.29 is 28.2 Å². The Kier molecular flexibility index (Phi) is 5.41. The van der Waals surface area contributed by atoms with Gasteiger partial charge in [-0.05, 0) is 30.7 Å². The number of nitrogens with zero attached hydrogens (tertiary/aromatic N) is 2. The molecule has 1 fully saturated rings. The lowest BCUT2D eigenvalue weighted by Crippen LogP contribution is -2.24. The Morgan fingerprint density at radius 1 is 1.30 bits per heavy atom. The number of amides is 1. The van der Waals surface area contributed by atoms with Crippen LogP contribution in [-0.4, -0.2) is 33.4 Å². The molecule has 1 aliphatic heterocycles. The number of aromatic nitrogens is 1. The van der Waals surface area contributed by atoms with Crippen molar-refractivity contribution in [2.75, 3.05) is 6.54 Å². The number of carboxylic acids is 1. The summed E-state index contributed by atoms with van der Waals surface area (Å²) >= 11 is 5.73. The van der Waals surface area contributed by atoms with Gasteiger partial charge in [0.2, 0.25) is 11.8 Å². The number of ether oxygens (including phenoxy) is 1. The third kappa shape index (κ3) is 4.13. The molecule has 154 valence electrons. The third-order valence-corrected chi connectivity index (χ3v) is 5.00. The van der Waals surface area contributed by atoms with E-state index in [9.17, 15) is 14.0 Å². The lowest BCUT2D eigenvalue weighted by Gasteiger charge is -2.19. The minimum Gasteiger partial charge on any atom is -0.476 e. The van der Waals surface area contributed by atoms with Gasteiger partial charge in [-0.2, -0.15) is 0 Å². The summed E-state index contributed by atoms with van der Waals surface area (Å²) in [6.45, 7) is 0.980. The molecule has 1 saturated heterocycles. The van der Waals surface area contributed by atoms with Gasteiger partial charge in [0.1, 0.15) is 23.6 Å². The van der Waals surface area contributed by atoms with E-state index in [0.717, 1.165) is 18.8 Å². The molecule has 3 aromatic rings. The van der Waals surface area contributed by atoms with Crippen molar-refractivity contribution in [1.82, 2.24) is 9.88 Å². The van der Waals surface area contributed by atoms with Crippen LogP contribution in [0.3, 0.4) is 0 Å². The molecule has 2 aromatic carbocycles. The van der Waals surface area contributed by atoms with Crippen LogP contribution in [0.4, 0.5) is 4.39 Å². The van der Waals surface area contributed by atoms with Crippen molar-refractivity contribution >= 4 is 23.5 Å². The maximum Gasteiger partial charge on any atom is 0.357 e. The minimum absolute atomic E-state index is 0.0278. The molecule has 2 heterocycles. The highest BCUT2D eigenvalue weighted by molar-refractivity contribution is 6.30. The van der Waals surface area contributed by atoms with Crippen LogP contribution in [0.15, 0.2) is 47.1 Å². The number of carbonyl (C=O) groups is 2. The lowest BCUT2D eigenvalue weighted by molar-refractivity contribution is -0.128. The first kappa shape index (κ1) is 19.9. The van der Waals surface area contributed by atoms with Gasteiger partial charge < -0.3 is 19.2 Å². The Hall–Kier alpha value is -3.39. The number of benzene rings is 2. The molecule has 0 atom stereocenters. The third-order valence-electron chi connectivity index (χ3n) is 4.69. The average molecular weight is 431 g/mol. The summed E-state index contributed by atoms with van der Waals surface area (Å²) in [5.41, 5.74) is 0.955. The molecule has 0 radical (unpaired) electrons. The van der Waals surface area contributed by atoms with Crippen LogP contribution in [0.5, 0.6) is 11.5 Å². The number of carbonyl (C=O) groups excluding carboxylic acids is 1. The molecule has 1 aromatic heterocycles. The van der Waals surface area contributed by atoms with Crippen LogP contribution in [0.1, 0.15) is 28.9 Å². The van der Waals surface area contributed by atoms with Gasteiger partial charge >= 0.3 is 5.97 Å². The van der Waals surface area contributed by atoms with Gasteiger partial charge in [0, 0.05) is 36.7 Å². The topological polar surface area (TPSA) is 92.9 Å². The number of oxazole rings is 1. The van der Waals surface area contributed by atoms with Gasteiger partial charge in [-0.15, -0.1) is 0 Å². The first-order chi connectivity index (χ1) is 14.4. The summed E-state index contributed by atoms with van der Waals surface area (Å²) in [7, 11) is 0. The number of hydrogen-bond donors (Lipinski definition) is 1. The molecule has 1 amide bonds. The Bertz CT molecular complexity index is 1130. The zero-order valence-electron chi connectivity index (χ0n) is 15.6. The Balaban J connectivity index is 1.70. The smallest absolute Gasteiger partial charge is 0.357 e. The zero-order valence-corrected chi connectivity index (χ0v) is 16.4. The molecule has 1 aliphatic rings. The van der Waals surface area contributed by atoms with Gasteiger partial charge in [-0.3, -0.25) is 4.79 Å². The first-order valence-corrected chi connectivity index (χ1v) is 9.51. The van der Waals surface area contributed by atoms with E-state index >= 15 is 0 Å². The zero-order chi connectivity index (χ0) is 21.3. The second-order valence-corrected chi connectivity index (χ2v) is 7.17. The second-order valence-electron chi connectivity index (χ2n) is 6.76. The van der Waals surface area contributed by atoms with Crippen molar-refractivity contribution in [2.24, 2.45) is 0 Å². The predicted molar refractivity (Wildman–Crippen MR) is 105 cm³/mol. The Labute approximate surface area is 175 Å². The van der Waals surface area contributed by atoms with E-state index in [2.05, 4.69) is 4.98 Å². The molecule has 7 nitrogen and oxygen atoms in total. The molecular formula is C21H16ClFN2O5. The molecule has 4 rings (SSSR count). The molecular weight excluding hydrogens is 415 g/mol. The first-order valence-electron chi connectivity index (χ1n) is 9.13. The largest absolute Gasteiger partial charge is 0.476 e. The van der Waals surface area contributed by atoms with Crippen molar-refractivity contribution in [1.29, 1.82) is 0 Å². The second kappa shape index (κ2) is 8.16. The van der Waals surface area contributed by atoms with E-state index in [-0.39, 0.29) is 28.3 Å². The Morgan fingerprint density at radius 2 is 2.13 bits per heavy atom. The molecule has 1 N–H and O–H groups in total. The fourth-order valence-electron chi connectivity index (χ4n) is 3.16. The summed E-state index contributed by atoms with van der Waals surface area (Å²) in [6, 6.07) is 9.12. The van der Waals surface area contributed by atoms with Gasteiger partial charge in [-0.1, -0.05) is 17.7 Å². The normalized spacial score (nSPS) is 13.7. The molecule has 0 aliphatic carbocycles. The summed E-state index contributed by atoms with van der Waals surface area (Å²) < 4.78 is 25.0. The van der Waals surface area contributed by atoms with Crippen LogP contribution in [-0.2, 0) is 11.3 Å². The summed E-state index contributed by atoms with van der Waals surface area (Å²) in [6.07, 6.45) is 2.35. The molecule has 0 saturated carbocycles. The molecule has 30 heavy (non-hydrogen) atoms. The molecule has 9 heteroatoms. The van der Waals surface area contributed by atoms with Gasteiger partial charge in [-0.25, -0.2) is 14.2 Å². The SMILES string of the molecule is O=C(O)c1coc(-c2ccc(CN3CCCC3=O)c(Oc3ccc(Cl)c(F)c3)c2)n1. The highest BCUT2D eigenvalue weighted by atomic mass is 35.5. The van der Waals surface area contributed by atoms with Crippen LogP contribution in [0.25, 0.3) is 11.5 Å². The van der Waals surface area contributed by atoms with Gasteiger partial charge in [0.05, 0.1) is 5.02 Å². The van der Waals surface area contributed by atoms with Crippen LogP contribution < -0.4 is 4.74 Å². The predicted octanol–water partition coefficient (Wildman–Crippen LogP) is 4.75. The standard InChI is InChI=1S/C21H16ClFN2O5/c22-15-6-5-14(9-16(15)23)30-18-8-12(20-24-17(11-29-20)21(27)28)3-4-13(18)10-25-7-1-2-19(25)26/h3-6,8-9,11H,1-2,7,10H2,(H,27,28). The fraction of sp³-hybridized carbons (Fsp3) is 0.190. The highest BCUT2D eigenvalue weighted by Gasteiger charge is 2.22. The molecule has 0 unspecified atom stereocenters. The van der Waals surface area contributed by atoms with Crippen molar-refractivity contribution in [3.8, 4) is 23.0 Å². The van der Waals surface area contributed by atoms with Crippen LogP contribution in [0.2, 0.25) is 5.02 Å². The van der Waals surface area contributed by atoms with Crippen molar-refractivity contribution in [2.45, 2.75) is 19.4 Å². The van der Waals surface area contributed by atoms with Crippen molar-refractivity contribution in [3.05, 3.63) is 64.8 Å². The number of hydrogen-bond acceptors (Lipinski definition) is 5. The Morgan fingerprint density at radius 3 is 2.80 bits per heavy atom. The average Bonchev–Trinajstić information content (AvgIpc) is 3.36.